The molecule has 0 atom stereocenters. The minimum Gasteiger partial charge on any atom is -0.497 e. The summed E-state index contributed by atoms with van der Waals surface area (Å²) in [5.74, 6) is 0.894. The van der Waals surface area contributed by atoms with Crippen LogP contribution in [0.2, 0.25) is 0 Å². The fourth-order valence-electron chi connectivity index (χ4n) is 2.82. The van der Waals surface area contributed by atoms with Crippen LogP contribution in [-0.4, -0.2) is 45.2 Å². The number of methoxy groups -OCH3 is 1. The highest BCUT2D eigenvalue weighted by Gasteiger charge is 2.14. The van der Waals surface area contributed by atoms with Gasteiger partial charge in [0.15, 0.2) is 0 Å². The van der Waals surface area contributed by atoms with E-state index >= 15 is 0 Å². The molecular weight excluding hydrogens is 286 g/mol. The van der Waals surface area contributed by atoms with E-state index < -0.39 is 0 Å². The van der Waals surface area contributed by atoms with E-state index in [9.17, 15) is 0 Å². The number of nitrogens with zero attached hydrogens (tertiary/aromatic N) is 2. The number of nitrogens with one attached hydrogen (secondary N) is 1. The summed E-state index contributed by atoms with van der Waals surface area (Å²) in [4.78, 5) is 4.83. The van der Waals surface area contributed by atoms with Gasteiger partial charge in [0.05, 0.1) is 7.11 Å². The summed E-state index contributed by atoms with van der Waals surface area (Å²) in [6.45, 7) is 5.26. The molecule has 0 aliphatic carbocycles. The summed E-state index contributed by atoms with van der Waals surface area (Å²) in [5.41, 5.74) is 3.71. The molecule has 0 aromatic heterocycles. The molecule has 4 nitrogen and oxygen atoms in total. The molecule has 1 aliphatic rings. The molecule has 0 unspecified atom stereocenters. The highest BCUT2D eigenvalue weighted by atomic mass is 16.5. The van der Waals surface area contributed by atoms with Crippen molar-refractivity contribution >= 4 is 11.4 Å². The van der Waals surface area contributed by atoms with E-state index in [1.807, 2.05) is 12.1 Å². The van der Waals surface area contributed by atoms with Gasteiger partial charge in [0, 0.05) is 44.1 Å². The lowest BCUT2D eigenvalue weighted by atomic mass is 10.2. The largest absolute Gasteiger partial charge is 0.497 e. The maximum absolute atomic E-state index is 5.19. The Bertz CT molecular complexity index is 619. The lowest BCUT2D eigenvalue weighted by Crippen LogP contribution is -2.44. The van der Waals surface area contributed by atoms with Gasteiger partial charge in [0.1, 0.15) is 5.75 Å². The monoisotopic (exact) mass is 311 g/mol. The Balaban J connectivity index is 1.60. The van der Waals surface area contributed by atoms with Gasteiger partial charge >= 0.3 is 0 Å². The summed E-state index contributed by atoms with van der Waals surface area (Å²) in [7, 11) is 3.88. The van der Waals surface area contributed by atoms with Crippen LogP contribution in [0, 0.1) is 0 Å². The molecule has 0 spiro atoms. The van der Waals surface area contributed by atoms with Crippen molar-refractivity contribution in [2.75, 3.05) is 50.6 Å². The summed E-state index contributed by atoms with van der Waals surface area (Å²) >= 11 is 0. The number of hydrogen-bond acceptors (Lipinski definition) is 4. The second-order valence-electron chi connectivity index (χ2n) is 6.04. The zero-order chi connectivity index (χ0) is 16.1. The Morgan fingerprint density at radius 2 is 1.74 bits per heavy atom. The van der Waals surface area contributed by atoms with Gasteiger partial charge in [-0.1, -0.05) is 18.2 Å². The predicted octanol–water partition coefficient (Wildman–Crippen LogP) is 3.06. The van der Waals surface area contributed by atoms with E-state index in [4.69, 9.17) is 4.74 Å². The standard InChI is InChI=1S/C19H25N3O/c1-21-10-12-22(13-11-21)18-5-3-4-17(14-18)20-15-16-6-8-19(23-2)9-7-16/h3-9,14,20H,10-13,15H2,1-2H3. The Kier molecular flexibility index (Phi) is 5.03. The van der Waals surface area contributed by atoms with Gasteiger partial charge < -0.3 is 19.9 Å². The minimum atomic E-state index is 0.816. The highest BCUT2D eigenvalue weighted by molar-refractivity contribution is 5.58. The van der Waals surface area contributed by atoms with Crippen molar-refractivity contribution in [3.63, 3.8) is 0 Å². The zero-order valence-electron chi connectivity index (χ0n) is 14.0. The minimum absolute atomic E-state index is 0.816. The van der Waals surface area contributed by atoms with Crippen molar-refractivity contribution < 1.29 is 4.74 Å². The van der Waals surface area contributed by atoms with Crippen LogP contribution in [0.3, 0.4) is 0 Å². The maximum Gasteiger partial charge on any atom is 0.118 e. The zero-order valence-corrected chi connectivity index (χ0v) is 14.0. The second-order valence-corrected chi connectivity index (χ2v) is 6.04. The lowest BCUT2D eigenvalue weighted by Gasteiger charge is -2.34. The van der Waals surface area contributed by atoms with Crippen molar-refractivity contribution in [1.82, 2.24) is 4.90 Å². The van der Waals surface area contributed by atoms with Crippen LogP contribution in [-0.2, 0) is 6.54 Å². The molecule has 1 N–H and O–H groups in total. The Labute approximate surface area is 138 Å². The average molecular weight is 311 g/mol. The van der Waals surface area contributed by atoms with E-state index in [-0.39, 0.29) is 0 Å². The smallest absolute Gasteiger partial charge is 0.118 e. The topological polar surface area (TPSA) is 27.7 Å². The summed E-state index contributed by atoms with van der Waals surface area (Å²) in [6.07, 6.45) is 0. The molecule has 0 radical (unpaired) electrons. The van der Waals surface area contributed by atoms with Gasteiger partial charge in [0.2, 0.25) is 0 Å². The van der Waals surface area contributed by atoms with Gasteiger partial charge in [-0.05, 0) is 42.9 Å². The third-order valence-corrected chi connectivity index (χ3v) is 4.37. The summed E-state index contributed by atoms with van der Waals surface area (Å²) in [5, 5.41) is 3.51. The molecule has 1 heterocycles. The molecule has 1 fully saturated rings. The molecule has 0 saturated carbocycles. The van der Waals surface area contributed by atoms with Crippen molar-refractivity contribution in [1.29, 1.82) is 0 Å². The number of likely N-dealkylation sites (N-methyl/N-ethyl adjacent to an activating group) is 1. The van der Waals surface area contributed by atoms with Crippen LogP contribution in [0.25, 0.3) is 0 Å². The first-order chi connectivity index (χ1) is 11.2. The van der Waals surface area contributed by atoms with E-state index in [0.717, 1.165) is 44.2 Å². The fourth-order valence-corrected chi connectivity index (χ4v) is 2.82. The number of rotatable bonds is 5. The van der Waals surface area contributed by atoms with Crippen LogP contribution in [0.15, 0.2) is 48.5 Å². The molecule has 122 valence electrons. The normalized spacial score (nSPS) is 15.5. The summed E-state index contributed by atoms with van der Waals surface area (Å²) in [6, 6.07) is 16.9. The number of hydrogen-bond donors (Lipinski definition) is 1. The van der Waals surface area contributed by atoms with Crippen molar-refractivity contribution in [2.45, 2.75) is 6.54 Å². The first kappa shape index (κ1) is 15.7. The molecule has 1 aliphatic heterocycles. The van der Waals surface area contributed by atoms with Gasteiger partial charge in [0.25, 0.3) is 0 Å². The summed E-state index contributed by atoms with van der Waals surface area (Å²) < 4.78 is 5.19. The quantitative estimate of drug-likeness (QED) is 0.918. The van der Waals surface area contributed by atoms with E-state index in [0.29, 0.717) is 0 Å². The van der Waals surface area contributed by atoms with Crippen LogP contribution < -0.4 is 15.0 Å². The Morgan fingerprint density at radius 1 is 1.00 bits per heavy atom. The number of anilines is 2. The lowest BCUT2D eigenvalue weighted by molar-refractivity contribution is 0.313. The number of ether oxygens (including phenoxy) is 1. The number of benzene rings is 2. The molecule has 2 aromatic rings. The van der Waals surface area contributed by atoms with Crippen molar-refractivity contribution in [2.24, 2.45) is 0 Å². The first-order valence-corrected chi connectivity index (χ1v) is 8.15. The predicted molar refractivity (Wildman–Crippen MR) is 96.5 cm³/mol. The van der Waals surface area contributed by atoms with Crippen LogP contribution >= 0.6 is 0 Å². The average Bonchev–Trinajstić information content (AvgIpc) is 2.61. The third-order valence-electron chi connectivity index (χ3n) is 4.37. The SMILES string of the molecule is COc1ccc(CNc2cccc(N3CCN(C)CC3)c2)cc1. The first-order valence-electron chi connectivity index (χ1n) is 8.15. The molecule has 2 aromatic carbocycles. The van der Waals surface area contributed by atoms with Gasteiger partial charge in [-0.3, -0.25) is 0 Å². The molecule has 23 heavy (non-hydrogen) atoms. The molecule has 3 rings (SSSR count). The second kappa shape index (κ2) is 7.38. The van der Waals surface area contributed by atoms with Crippen LogP contribution in [0.4, 0.5) is 11.4 Å². The van der Waals surface area contributed by atoms with Crippen molar-refractivity contribution in [3.8, 4) is 5.75 Å². The van der Waals surface area contributed by atoms with E-state index in [2.05, 4.69) is 58.6 Å². The van der Waals surface area contributed by atoms with Crippen LogP contribution in [0.1, 0.15) is 5.56 Å². The Morgan fingerprint density at radius 3 is 2.43 bits per heavy atom. The third kappa shape index (κ3) is 4.17. The number of piperazine rings is 1. The molecule has 0 bridgehead atoms. The molecule has 0 amide bonds. The van der Waals surface area contributed by atoms with Crippen LogP contribution in [0.5, 0.6) is 5.75 Å². The Hall–Kier alpha value is -2.20. The maximum atomic E-state index is 5.19. The van der Waals surface area contributed by atoms with E-state index in [1.54, 1.807) is 7.11 Å². The molecular formula is C19H25N3O. The fraction of sp³-hybridized carbons (Fsp3) is 0.368. The molecule has 1 saturated heterocycles. The molecule has 4 heteroatoms. The highest BCUT2D eigenvalue weighted by Crippen LogP contribution is 2.21. The van der Waals surface area contributed by atoms with Gasteiger partial charge in [-0.15, -0.1) is 0 Å². The van der Waals surface area contributed by atoms with Gasteiger partial charge in [-0.25, -0.2) is 0 Å². The van der Waals surface area contributed by atoms with E-state index in [1.165, 1.54) is 11.3 Å². The van der Waals surface area contributed by atoms with Crippen molar-refractivity contribution in [3.05, 3.63) is 54.1 Å². The van der Waals surface area contributed by atoms with Gasteiger partial charge in [-0.2, -0.15) is 0 Å².